The second-order valence-electron chi connectivity index (χ2n) is 2.09. The molecule has 2 heteroatoms. The Bertz CT molecular complexity index is 163. The molecule has 0 fully saturated rings. The van der Waals surface area contributed by atoms with Crippen LogP contribution in [0.15, 0.2) is 30.3 Å². The average Bonchev–Trinajstić information content (AvgIpc) is 1.91. The van der Waals surface area contributed by atoms with Crippen molar-refractivity contribution in [3.63, 3.8) is 0 Å². The standard InChI is InChI=1S/C9H11.CH3.ClH.Mg/c1-2-6-9-7-4-3-5-8-9;;;/h3-5,7-8H,1-2,6H2;1H3;1H;/q2*-1;;+2. The third-order valence-electron chi connectivity index (χ3n) is 1.31. The Balaban J connectivity index is -0.000000270. The molecule has 0 bridgehead atoms. The Hall–Kier alpha value is 0.276. The molecule has 0 nitrogen and oxygen atoms in total. The van der Waals surface area contributed by atoms with Crippen LogP contribution in [0.2, 0.25) is 0 Å². The molecule has 0 aliphatic carbocycles. The normalized spacial score (nSPS) is 7.08. The quantitative estimate of drug-likeness (QED) is 0.502. The number of aryl methyl sites for hydroxylation is 1. The van der Waals surface area contributed by atoms with Crippen LogP contribution in [0.4, 0.5) is 0 Å². The molecule has 0 atom stereocenters. The van der Waals surface area contributed by atoms with Crippen molar-refractivity contribution in [2.45, 2.75) is 12.8 Å². The van der Waals surface area contributed by atoms with Crippen molar-refractivity contribution >= 4 is 35.5 Å². The van der Waals surface area contributed by atoms with Crippen molar-refractivity contribution in [3.05, 3.63) is 50.2 Å². The smallest absolute Gasteiger partial charge is 0.358 e. The average molecular weight is 195 g/mol. The third kappa shape index (κ3) is 6.95. The van der Waals surface area contributed by atoms with Crippen LogP contribution in [0.3, 0.4) is 0 Å². The third-order valence-corrected chi connectivity index (χ3v) is 1.31. The Labute approximate surface area is 98.3 Å². The number of rotatable bonds is 2. The van der Waals surface area contributed by atoms with Crippen LogP contribution in [-0.2, 0) is 6.42 Å². The van der Waals surface area contributed by atoms with E-state index in [0.717, 1.165) is 12.8 Å². The summed E-state index contributed by atoms with van der Waals surface area (Å²) in [6.07, 6.45) is 2.09. The molecule has 0 radical (unpaired) electrons. The molecular formula is C10H15ClMg. The Morgan fingerprint density at radius 3 is 2.00 bits per heavy atom. The van der Waals surface area contributed by atoms with Gasteiger partial charge in [0.05, 0.1) is 0 Å². The van der Waals surface area contributed by atoms with Gasteiger partial charge in [0.2, 0.25) is 0 Å². The van der Waals surface area contributed by atoms with Gasteiger partial charge in [-0.1, -0.05) is 42.3 Å². The molecule has 1 aromatic rings. The van der Waals surface area contributed by atoms with Gasteiger partial charge in [0.25, 0.3) is 0 Å². The van der Waals surface area contributed by atoms with Gasteiger partial charge >= 0.3 is 23.1 Å². The molecule has 1 rings (SSSR count). The van der Waals surface area contributed by atoms with Crippen molar-refractivity contribution in [2.75, 3.05) is 0 Å². The van der Waals surface area contributed by atoms with E-state index >= 15 is 0 Å². The van der Waals surface area contributed by atoms with E-state index < -0.39 is 0 Å². The number of halogens is 1. The minimum atomic E-state index is 0. The first-order chi connectivity index (χ1) is 4.43. The van der Waals surface area contributed by atoms with Crippen LogP contribution in [0.1, 0.15) is 12.0 Å². The maximum absolute atomic E-state index is 3.78. The minimum absolute atomic E-state index is 0. The molecule has 0 heterocycles. The van der Waals surface area contributed by atoms with Gasteiger partial charge in [-0.2, -0.15) is 6.42 Å². The van der Waals surface area contributed by atoms with Gasteiger partial charge in [-0.3, -0.25) is 0 Å². The predicted molar refractivity (Wildman–Crippen MR) is 59.5 cm³/mol. The fourth-order valence-electron chi connectivity index (χ4n) is 0.849. The van der Waals surface area contributed by atoms with Crippen LogP contribution >= 0.6 is 12.4 Å². The molecule has 12 heavy (non-hydrogen) atoms. The van der Waals surface area contributed by atoms with E-state index in [1.165, 1.54) is 5.56 Å². The Morgan fingerprint density at radius 1 is 1.08 bits per heavy atom. The number of benzene rings is 1. The van der Waals surface area contributed by atoms with Crippen LogP contribution in [0, 0.1) is 14.4 Å². The second kappa shape index (κ2) is 11.3. The van der Waals surface area contributed by atoms with Crippen LogP contribution in [0.25, 0.3) is 0 Å². The molecule has 0 spiro atoms. The monoisotopic (exact) mass is 194 g/mol. The van der Waals surface area contributed by atoms with E-state index in [9.17, 15) is 0 Å². The number of hydrogen-bond donors (Lipinski definition) is 0. The summed E-state index contributed by atoms with van der Waals surface area (Å²) in [5.41, 5.74) is 1.38. The summed E-state index contributed by atoms with van der Waals surface area (Å²) in [5.74, 6) is 0. The molecule has 1 aromatic carbocycles. The largest absolute Gasteiger partial charge is 2.00 e. The van der Waals surface area contributed by atoms with Gasteiger partial charge in [0.15, 0.2) is 0 Å². The topological polar surface area (TPSA) is 0 Å². The summed E-state index contributed by atoms with van der Waals surface area (Å²) in [7, 11) is 0. The van der Waals surface area contributed by atoms with Crippen LogP contribution < -0.4 is 0 Å². The minimum Gasteiger partial charge on any atom is -0.358 e. The van der Waals surface area contributed by atoms with Crippen molar-refractivity contribution in [1.82, 2.24) is 0 Å². The fourth-order valence-corrected chi connectivity index (χ4v) is 0.849. The van der Waals surface area contributed by atoms with Crippen LogP contribution in [-0.4, -0.2) is 23.1 Å². The molecule has 0 aliphatic rings. The molecular weight excluding hydrogens is 180 g/mol. The van der Waals surface area contributed by atoms with E-state index in [1.807, 2.05) is 6.07 Å². The van der Waals surface area contributed by atoms with E-state index in [2.05, 4.69) is 31.2 Å². The first kappa shape index (κ1) is 18.1. The van der Waals surface area contributed by atoms with Gasteiger partial charge in [-0.25, -0.2) is 0 Å². The van der Waals surface area contributed by atoms with Gasteiger partial charge in [0.1, 0.15) is 0 Å². The molecule has 0 saturated carbocycles. The Kier molecular flexibility index (Phi) is 17.0. The van der Waals surface area contributed by atoms with E-state index in [0.29, 0.717) is 0 Å². The fraction of sp³-hybridized carbons (Fsp3) is 0.200. The zero-order valence-electron chi connectivity index (χ0n) is 7.62. The zero-order valence-corrected chi connectivity index (χ0v) is 9.85. The van der Waals surface area contributed by atoms with Crippen molar-refractivity contribution in [2.24, 2.45) is 0 Å². The predicted octanol–water partition coefficient (Wildman–Crippen LogP) is 2.94. The summed E-state index contributed by atoms with van der Waals surface area (Å²) in [6, 6.07) is 10.4. The van der Waals surface area contributed by atoms with Gasteiger partial charge in [-0.05, 0) is 0 Å². The molecule has 0 aromatic heterocycles. The summed E-state index contributed by atoms with van der Waals surface area (Å²) in [4.78, 5) is 0. The zero-order chi connectivity index (χ0) is 6.53. The SMILES string of the molecule is Cl.[CH2-]CCc1ccccc1.[CH3-].[Mg+2]. The van der Waals surface area contributed by atoms with Crippen molar-refractivity contribution in [3.8, 4) is 0 Å². The first-order valence-electron chi connectivity index (χ1n) is 3.26. The van der Waals surface area contributed by atoms with E-state index in [1.54, 1.807) is 0 Å². The molecule has 0 unspecified atom stereocenters. The molecule has 0 amide bonds. The van der Waals surface area contributed by atoms with Crippen molar-refractivity contribution < 1.29 is 0 Å². The Morgan fingerprint density at radius 2 is 1.58 bits per heavy atom. The number of hydrogen-bond acceptors (Lipinski definition) is 0. The molecule has 0 saturated heterocycles. The summed E-state index contributed by atoms with van der Waals surface area (Å²) >= 11 is 0. The van der Waals surface area contributed by atoms with Gasteiger partial charge < -0.3 is 14.4 Å². The summed E-state index contributed by atoms with van der Waals surface area (Å²) in [5, 5.41) is 0. The second-order valence-corrected chi connectivity index (χ2v) is 2.09. The summed E-state index contributed by atoms with van der Waals surface area (Å²) in [6.45, 7) is 3.78. The van der Waals surface area contributed by atoms with E-state index in [4.69, 9.17) is 0 Å². The van der Waals surface area contributed by atoms with Gasteiger partial charge in [0, 0.05) is 0 Å². The van der Waals surface area contributed by atoms with E-state index in [-0.39, 0.29) is 42.9 Å². The van der Waals surface area contributed by atoms with Gasteiger partial charge in [-0.15, -0.1) is 12.4 Å². The summed E-state index contributed by atoms with van der Waals surface area (Å²) < 4.78 is 0. The molecule has 0 aliphatic heterocycles. The molecule has 0 N–H and O–H groups in total. The van der Waals surface area contributed by atoms with Crippen LogP contribution in [0.5, 0.6) is 0 Å². The first-order valence-corrected chi connectivity index (χ1v) is 3.26. The maximum atomic E-state index is 3.78. The maximum Gasteiger partial charge on any atom is 2.00 e. The molecule has 64 valence electrons. The van der Waals surface area contributed by atoms with Crippen molar-refractivity contribution in [1.29, 1.82) is 0 Å².